The predicted octanol–water partition coefficient (Wildman–Crippen LogP) is 5.24. The van der Waals surface area contributed by atoms with E-state index in [4.69, 9.17) is 0 Å². The minimum atomic E-state index is -1.05. The van der Waals surface area contributed by atoms with Crippen LogP contribution in [-0.2, 0) is 17.9 Å². The summed E-state index contributed by atoms with van der Waals surface area (Å²) in [6.07, 6.45) is -0.264. The highest BCUT2D eigenvalue weighted by Crippen LogP contribution is 2.30. The summed E-state index contributed by atoms with van der Waals surface area (Å²) in [5.41, 5.74) is 3.29. The van der Waals surface area contributed by atoms with E-state index in [2.05, 4.69) is 0 Å². The SMILES string of the molecule is O=C(O)CCN(Cc1ccc(F)cc1)C(=O)c1ccccc1-c1ccccc1C(=O)N(CCO)Cc1ccccc1. The van der Waals surface area contributed by atoms with Crippen LogP contribution in [0.25, 0.3) is 11.1 Å². The first-order valence-corrected chi connectivity index (χ1v) is 13.3. The van der Waals surface area contributed by atoms with Crippen molar-refractivity contribution in [1.29, 1.82) is 0 Å². The Balaban J connectivity index is 1.70. The molecule has 4 aromatic rings. The van der Waals surface area contributed by atoms with Crippen LogP contribution in [0.1, 0.15) is 38.3 Å². The molecule has 41 heavy (non-hydrogen) atoms. The van der Waals surface area contributed by atoms with Crippen LogP contribution in [0.2, 0.25) is 0 Å². The zero-order valence-corrected chi connectivity index (χ0v) is 22.4. The van der Waals surface area contributed by atoms with Crippen LogP contribution >= 0.6 is 0 Å². The molecule has 7 nitrogen and oxygen atoms in total. The first-order valence-electron chi connectivity index (χ1n) is 13.3. The summed E-state index contributed by atoms with van der Waals surface area (Å²) >= 11 is 0. The van der Waals surface area contributed by atoms with Gasteiger partial charge in [0.25, 0.3) is 11.8 Å². The first-order chi connectivity index (χ1) is 19.9. The highest BCUT2D eigenvalue weighted by Gasteiger charge is 2.24. The number of carboxylic acids is 1. The quantitative estimate of drug-likeness (QED) is 0.250. The number of aliphatic hydroxyl groups excluding tert-OH is 1. The molecular weight excluding hydrogens is 523 g/mol. The lowest BCUT2D eigenvalue weighted by molar-refractivity contribution is -0.137. The number of benzene rings is 4. The molecule has 0 atom stereocenters. The minimum absolute atomic E-state index is 0.0538. The summed E-state index contributed by atoms with van der Waals surface area (Å²) in [4.78, 5) is 42.1. The predicted molar refractivity (Wildman–Crippen MR) is 154 cm³/mol. The van der Waals surface area contributed by atoms with Gasteiger partial charge in [0, 0.05) is 37.3 Å². The number of carboxylic acid groups (broad SMARTS) is 1. The van der Waals surface area contributed by atoms with E-state index in [9.17, 15) is 29.0 Å². The number of hydrogen-bond donors (Lipinski definition) is 2. The number of carbonyl (C=O) groups is 3. The summed E-state index contributed by atoms with van der Waals surface area (Å²) in [6.45, 7) is 0.251. The van der Waals surface area contributed by atoms with Crippen LogP contribution in [0.5, 0.6) is 0 Å². The highest BCUT2D eigenvalue weighted by atomic mass is 19.1. The van der Waals surface area contributed by atoms with Crippen molar-refractivity contribution in [3.05, 3.63) is 131 Å². The third kappa shape index (κ3) is 7.64. The fourth-order valence-corrected chi connectivity index (χ4v) is 4.62. The third-order valence-electron chi connectivity index (χ3n) is 6.65. The van der Waals surface area contributed by atoms with Crippen LogP contribution in [0.3, 0.4) is 0 Å². The zero-order chi connectivity index (χ0) is 29.2. The van der Waals surface area contributed by atoms with E-state index in [0.717, 1.165) is 5.56 Å². The topological polar surface area (TPSA) is 98.2 Å². The molecule has 210 valence electrons. The van der Waals surface area contributed by atoms with Gasteiger partial charge in [0.15, 0.2) is 0 Å². The number of amides is 2. The molecule has 0 radical (unpaired) electrons. The van der Waals surface area contributed by atoms with Gasteiger partial charge in [0.05, 0.1) is 13.0 Å². The van der Waals surface area contributed by atoms with Gasteiger partial charge in [-0.3, -0.25) is 14.4 Å². The maximum Gasteiger partial charge on any atom is 0.305 e. The van der Waals surface area contributed by atoms with Crippen molar-refractivity contribution < 1.29 is 29.0 Å². The van der Waals surface area contributed by atoms with E-state index in [1.54, 1.807) is 65.6 Å². The molecule has 0 heterocycles. The lowest BCUT2D eigenvalue weighted by atomic mass is 9.93. The zero-order valence-electron chi connectivity index (χ0n) is 22.4. The molecule has 2 N–H and O–H groups in total. The molecule has 0 aliphatic heterocycles. The molecule has 4 aromatic carbocycles. The van der Waals surface area contributed by atoms with Gasteiger partial charge in [0.1, 0.15) is 5.82 Å². The van der Waals surface area contributed by atoms with Gasteiger partial charge in [-0.1, -0.05) is 78.9 Å². The highest BCUT2D eigenvalue weighted by molar-refractivity contribution is 6.06. The van der Waals surface area contributed by atoms with Gasteiger partial charge in [-0.25, -0.2) is 4.39 Å². The molecular formula is C33H31FN2O5. The van der Waals surface area contributed by atoms with Crippen molar-refractivity contribution in [2.45, 2.75) is 19.5 Å². The molecule has 0 spiro atoms. The van der Waals surface area contributed by atoms with Crippen molar-refractivity contribution in [2.75, 3.05) is 19.7 Å². The van der Waals surface area contributed by atoms with Gasteiger partial charge >= 0.3 is 5.97 Å². The van der Waals surface area contributed by atoms with Crippen molar-refractivity contribution in [2.24, 2.45) is 0 Å². The Labute approximate surface area is 238 Å². The molecule has 0 aliphatic rings. The standard InChI is InChI=1S/C33H31FN2O5/c34-26-16-14-25(15-17-26)23-35(19-18-31(38)39)32(40)29-12-6-4-10-27(29)28-11-5-7-13-30(28)33(41)36(20-21-37)22-24-8-2-1-3-9-24/h1-17,37H,18-23H2,(H,38,39). The number of aliphatic hydroxyl groups is 1. The average molecular weight is 555 g/mol. The van der Waals surface area contributed by atoms with Gasteiger partial charge < -0.3 is 20.0 Å². The van der Waals surface area contributed by atoms with Crippen molar-refractivity contribution in [1.82, 2.24) is 9.80 Å². The molecule has 2 amide bonds. The fraction of sp³-hybridized carbons (Fsp3) is 0.182. The number of hydrogen-bond acceptors (Lipinski definition) is 4. The van der Waals surface area contributed by atoms with E-state index in [1.807, 2.05) is 30.3 Å². The molecule has 8 heteroatoms. The Hall–Kier alpha value is -4.82. The van der Waals surface area contributed by atoms with Gasteiger partial charge in [-0.2, -0.15) is 0 Å². The molecule has 4 rings (SSSR count). The van der Waals surface area contributed by atoms with Crippen LogP contribution in [0, 0.1) is 5.82 Å². The molecule has 0 aliphatic carbocycles. The first kappa shape index (κ1) is 29.2. The number of rotatable bonds is 12. The Bertz CT molecular complexity index is 1490. The molecule has 0 bridgehead atoms. The Morgan fingerprint density at radius 2 is 1.07 bits per heavy atom. The summed E-state index contributed by atoms with van der Waals surface area (Å²) < 4.78 is 13.5. The second-order valence-corrected chi connectivity index (χ2v) is 9.52. The van der Waals surface area contributed by atoms with Crippen molar-refractivity contribution >= 4 is 17.8 Å². The normalized spacial score (nSPS) is 10.7. The summed E-state index contributed by atoms with van der Waals surface area (Å²) in [5.74, 6) is -2.17. The summed E-state index contributed by atoms with van der Waals surface area (Å²) in [6, 6.07) is 29.0. The van der Waals surface area contributed by atoms with Crippen LogP contribution in [0.15, 0.2) is 103 Å². The van der Waals surface area contributed by atoms with E-state index in [-0.39, 0.29) is 38.6 Å². The Kier molecular flexibility index (Phi) is 9.96. The largest absolute Gasteiger partial charge is 0.481 e. The number of halogens is 1. The summed E-state index contributed by atoms with van der Waals surface area (Å²) in [5, 5.41) is 19.0. The average Bonchev–Trinajstić information content (AvgIpc) is 2.99. The van der Waals surface area contributed by atoms with Crippen LogP contribution in [-0.4, -0.2) is 57.5 Å². The van der Waals surface area contributed by atoms with Crippen LogP contribution in [0.4, 0.5) is 4.39 Å². The second-order valence-electron chi connectivity index (χ2n) is 9.52. The Morgan fingerprint density at radius 1 is 0.610 bits per heavy atom. The van der Waals surface area contributed by atoms with E-state index in [0.29, 0.717) is 34.4 Å². The van der Waals surface area contributed by atoms with Gasteiger partial charge in [-0.05, 0) is 46.5 Å². The molecule has 0 unspecified atom stereocenters. The summed E-state index contributed by atoms with van der Waals surface area (Å²) in [7, 11) is 0. The lowest BCUT2D eigenvalue weighted by Crippen LogP contribution is -2.34. The Morgan fingerprint density at radius 3 is 1.59 bits per heavy atom. The maximum atomic E-state index is 13.9. The molecule has 0 aromatic heterocycles. The van der Waals surface area contributed by atoms with Crippen molar-refractivity contribution in [3.8, 4) is 11.1 Å². The van der Waals surface area contributed by atoms with E-state index >= 15 is 0 Å². The van der Waals surface area contributed by atoms with E-state index in [1.165, 1.54) is 17.0 Å². The second kappa shape index (κ2) is 14.0. The molecule has 0 saturated heterocycles. The van der Waals surface area contributed by atoms with Gasteiger partial charge in [-0.15, -0.1) is 0 Å². The maximum absolute atomic E-state index is 13.9. The van der Waals surface area contributed by atoms with Gasteiger partial charge in [0.2, 0.25) is 0 Å². The third-order valence-corrected chi connectivity index (χ3v) is 6.65. The minimum Gasteiger partial charge on any atom is -0.481 e. The monoisotopic (exact) mass is 554 g/mol. The number of aliphatic carboxylic acids is 1. The lowest BCUT2D eigenvalue weighted by Gasteiger charge is -2.25. The van der Waals surface area contributed by atoms with Crippen LogP contribution < -0.4 is 0 Å². The fourth-order valence-electron chi connectivity index (χ4n) is 4.62. The van der Waals surface area contributed by atoms with E-state index < -0.39 is 17.7 Å². The van der Waals surface area contributed by atoms with Crippen molar-refractivity contribution in [3.63, 3.8) is 0 Å². The smallest absolute Gasteiger partial charge is 0.305 e. The molecule has 0 fully saturated rings. The molecule has 0 saturated carbocycles. The number of nitrogens with zero attached hydrogens (tertiary/aromatic N) is 2. The number of carbonyl (C=O) groups excluding carboxylic acids is 2.